The molecule has 1 fully saturated rings. The van der Waals surface area contributed by atoms with Crippen molar-refractivity contribution in [3.63, 3.8) is 0 Å². The van der Waals surface area contributed by atoms with Crippen molar-refractivity contribution in [2.45, 2.75) is 31.6 Å². The van der Waals surface area contributed by atoms with Crippen LogP contribution in [0.1, 0.15) is 36.3 Å². The molecule has 0 aromatic heterocycles. The van der Waals surface area contributed by atoms with E-state index in [1.165, 1.54) is 25.7 Å². The fourth-order valence-electron chi connectivity index (χ4n) is 2.97. The van der Waals surface area contributed by atoms with E-state index in [1.807, 2.05) is 0 Å². The van der Waals surface area contributed by atoms with Crippen LogP contribution in [-0.4, -0.2) is 0 Å². The Morgan fingerprint density at radius 1 is 1.08 bits per heavy atom. The SMILES string of the molecule is c1ccc2c(c1)C[C@@H]1CC[C@H]2C1. The Labute approximate surface area is 73.6 Å². The second-order valence-electron chi connectivity index (χ2n) is 4.28. The van der Waals surface area contributed by atoms with Crippen molar-refractivity contribution in [3.8, 4) is 0 Å². The zero-order chi connectivity index (χ0) is 7.97. The second-order valence-corrected chi connectivity index (χ2v) is 4.28. The summed E-state index contributed by atoms with van der Waals surface area (Å²) in [7, 11) is 0. The molecule has 2 aliphatic carbocycles. The summed E-state index contributed by atoms with van der Waals surface area (Å²) < 4.78 is 0. The molecule has 0 radical (unpaired) electrons. The number of hydrogen-bond acceptors (Lipinski definition) is 0. The fourth-order valence-corrected chi connectivity index (χ4v) is 2.97. The molecule has 0 heteroatoms. The Balaban J connectivity index is 2.13. The lowest BCUT2D eigenvalue weighted by Gasteiger charge is -2.22. The number of rotatable bonds is 0. The lowest BCUT2D eigenvalue weighted by molar-refractivity contribution is 0.510. The summed E-state index contributed by atoms with van der Waals surface area (Å²) in [5.74, 6) is 1.94. The maximum Gasteiger partial charge on any atom is -0.0156 e. The van der Waals surface area contributed by atoms with Crippen LogP contribution in [0, 0.1) is 5.92 Å². The van der Waals surface area contributed by atoms with Gasteiger partial charge in [0.1, 0.15) is 0 Å². The molecule has 2 bridgehead atoms. The van der Waals surface area contributed by atoms with E-state index in [4.69, 9.17) is 0 Å². The van der Waals surface area contributed by atoms with E-state index in [9.17, 15) is 0 Å². The van der Waals surface area contributed by atoms with Gasteiger partial charge in [-0.25, -0.2) is 0 Å². The van der Waals surface area contributed by atoms with Crippen molar-refractivity contribution >= 4 is 0 Å². The summed E-state index contributed by atoms with van der Waals surface area (Å²) in [5.41, 5.74) is 3.29. The molecule has 1 saturated carbocycles. The Morgan fingerprint density at radius 3 is 3.00 bits per heavy atom. The second kappa shape index (κ2) is 2.35. The molecule has 62 valence electrons. The molecule has 12 heavy (non-hydrogen) atoms. The molecule has 0 amide bonds. The Hall–Kier alpha value is -0.780. The van der Waals surface area contributed by atoms with E-state index in [1.54, 1.807) is 11.1 Å². The fraction of sp³-hybridized carbons (Fsp3) is 0.500. The molecule has 0 aliphatic heterocycles. The smallest absolute Gasteiger partial charge is 0.0156 e. The molecular weight excluding hydrogens is 144 g/mol. The van der Waals surface area contributed by atoms with Crippen LogP contribution in [-0.2, 0) is 6.42 Å². The Bertz CT molecular complexity index is 301. The third kappa shape index (κ3) is 0.841. The lowest BCUT2D eigenvalue weighted by atomic mass is 9.83. The van der Waals surface area contributed by atoms with Gasteiger partial charge in [0.2, 0.25) is 0 Å². The maximum atomic E-state index is 2.33. The average Bonchev–Trinajstić information content (AvgIpc) is 2.49. The van der Waals surface area contributed by atoms with Crippen molar-refractivity contribution < 1.29 is 0 Å². The Morgan fingerprint density at radius 2 is 2.00 bits per heavy atom. The average molecular weight is 158 g/mol. The first kappa shape index (κ1) is 6.71. The number of benzene rings is 1. The summed E-state index contributed by atoms with van der Waals surface area (Å²) in [5, 5.41) is 0. The van der Waals surface area contributed by atoms with Gasteiger partial charge in [-0.15, -0.1) is 0 Å². The summed E-state index contributed by atoms with van der Waals surface area (Å²) in [6.07, 6.45) is 5.74. The Kier molecular flexibility index (Phi) is 1.31. The van der Waals surface area contributed by atoms with Gasteiger partial charge in [0.15, 0.2) is 0 Å². The lowest BCUT2D eigenvalue weighted by Crippen LogP contribution is -2.09. The normalized spacial score (nSPS) is 31.7. The molecule has 2 aliphatic rings. The molecule has 1 aromatic carbocycles. The van der Waals surface area contributed by atoms with Gasteiger partial charge in [0.25, 0.3) is 0 Å². The first-order valence-electron chi connectivity index (χ1n) is 5.01. The van der Waals surface area contributed by atoms with Crippen molar-refractivity contribution in [3.05, 3.63) is 35.4 Å². The molecule has 0 unspecified atom stereocenters. The maximum absolute atomic E-state index is 2.33. The summed E-state index contributed by atoms with van der Waals surface area (Å²) >= 11 is 0. The van der Waals surface area contributed by atoms with Crippen LogP contribution in [0.4, 0.5) is 0 Å². The molecule has 0 spiro atoms. The first-order chi connectivity index (χ1) is 5.93. The number of fused-ring (bicyclic) bond motifs is 4. The van der Waals surface area contributed by atoms with Gasteiger partial charge in [-0.2, -0.15) is 0 Å². The number of hydrogen-bond donors (Lipinski definition) is 0. The largest absolute Gasteiger partial charge is 0.0620 e. The van der Waals surface area contributed by atoms with Gasteiger partial charge in [-0.05, 0) is 48.6 Å². The van der Waals surface area contributed by atoms with Gasteiger partial charge in [0.05, 0.1) is 0 Å². The standard InChI is InChI=1S/C12H14/c1-2-4-12-10(3-1)7-9-5-6-11(12)8-9/h1-4,9,11H,5-8H2/t9-,11-/m0/s1. The minimum Gasteiger partial charge on any atom is -0.0620 e. The van der Waals surface area contributed by atoms with Gasteiger partial charge >= 0.3 is 0 Å². The zero-order valence-corrected chi connectivity index (χ0v) is 7.29. The van der Waals surface area contributed by atoms with Crippen molar-refractivity contribution in [2.24, 2.45) is 5.92 Å². The van der Waals surface area contributed by atoms with Gasteiger partial charge < -0.3 is 0 Å². The summed E-state index contributed by atoms with van der Waals surface area (Å²) in [6, 6.07) is 9.03. The van der Waals surface area contributed by atoms with Crippen LogP contribution < -0.4 is 0 Å². The highest BCUT2D eigenvalue weighted by Crippen LogP contribution is 2.45. The quantitative estimate of drug-likeness (QED) is 0.544. The van der Waals surface area contributed by atoms with Crippen LogP contribution in [0.3, 0.4) is 0 Å². The van der Waals surface area contributed by atoms with Crippen molar-refractivity contribution in [2.75, 3.05) is 0 Å². The first-order valence-corrected chi connectivity index (χ1v) is 5.01. The molecule has 0 N–H and O–H groups in total. The molecular formula is C12H14. The predicted octanol–water partition coefficient (Wildman–Crippen LogP) is 3.13. The molecule has 2 atom stereocenters. The van der Waals surface area contributed by atoms with Crippen LogP contribution >= 0.6 is 0 Å². The van der Waals surface area contributed by atoms with E-state index < -0.39 is 0 Å². The predicted molar refractivity (Wildman–Crippen MR) is 50.2 cm³/mol. The highest BCUT2D eigenvalue weighted by Gasteiger charge is 2.31. The zero-order valence-electron chi connectivity index (χ0n) is 7.29. The van der Waals surface area contributed by atoms with Crippen LogP contribution in [0.15, 0.2) is 24.3 Å². The molecule has 3 rings (SSSR count). The topological polar surface area (TPSA) is 0 Å². The monoisotopic (exact) mass is 158 g/mol. The highest BCUT2D eigenvalue weighted by atomic mass is 14.4. The van der Waals surface area contributed by atoms with E-state index in [2.05, 4.69) is 24.3 Å². The third-order valence-electron chi connectivity index (χ3n) is 3.54. The minimum atomic E-state index is 0.917. The highest BCUT2D eigenvalue weighted by molar-refractivity contribution is 5.34. The van der Waals surface area contributed by atoms with Gasteiger partial charge in [-0.3, -0.25) is 0 Å². The molecule has 0 heterocycles. The van der Waals surface area contributed by atoms with Gasteiger partial charge in [-0.1, -0.05) is 24.3 Å². The van der Waals surface area contributed by atoms with E-state index in [0.29, 0.717) is 0 Å². The van der Waals surface area contributed by atoms with Crippen LogP contribution in [0.5, 0.6) is 0 Å². The van der Waals surface area contributed by atoms with E-state index in [-0.39, 0.29) is 0 Å². The summed E-state index contributed by atoms with van der Waals surface area (Å²) in [4.78, 5) is 0. The van der Waals surface area contributed by atoms with E-state index >= 15 is 0 Å². The van der Waals surface area contributed by atoms with Crippen molar-refractivity contribution in [1.29, 1.82) is 0 Å². The van der Waals surface area contributed by atoms with Crippen LogP contribution in [0.25, 0.3) is 0 Å². The van der Waals surface area contributed by atoms with E-state index in [0.717, 1.165) is 11.8 Å². The molecule has 0 saturated heterocycles. The summed E-state index contributed by atoms with van der Waals surface area (Å²) in [6.45, 7) is 0. The van der Waals surface area contributed by atoms with Crippen molar-refractivity contribution in [1.82, 2.24) is 0 Å². The third-order valence-corrected chi connectivity index (χ3v) is 3.54. The molecule has 0 nitrogen and oxygen atoms in total. The molecule has 1 aromatic rings. The van der Waals surface area contributed by atoms with Crippen LogP contribution in [0.2, 0.25) is 0 Å². The minimum absolute atomic E-state index is 0.917. The van der Waals surface area contributed by atoms with Gasteiger partial charge in [0, 0.05) is 0 Å².